The molecule has 98 valence electrons. The number of hydrogen-bond acceptors (Lipinski definition) is 3. The predicted octanol–water partition coefficient (Wildman–Crippen LogP) is 3.65. The first kappa shape index (κ1) is 12.1. The van der Waals surface area contributed by atoms with Crippen molar-refractivity contribution in [1.29, 1.82) is 0 Å². The topological polar surface area (TPSA) is 71.8 Å². The minimum Gasteiger partial charge on any atom is -0.271 e. The molecule has 0 saturated heterocycles. The van der Waals surface area contributed by atoms with E-state index in [2.05, 4.69) is 10.2 Å². The summed E-state index contributed by atoms with van der Waals surface area (Å²) in [6.07, 6.45) is 1.22. The van der Waals surface area contributed by atoms with E-state index in [1.54, 1.807) is 0 Å². The van der Waals surface area contributed by atoms with Gasteiger partial charge in [0.15, 0.2) is 0 Å². The van der Waals surface area contributed by atoms with Gasteiger partial charge in [0.2, 0.25) is 0 Å². The third kappa shape index (κ3) is 2.16. The molecule has 0 radical (unpaired) electrons. The van der Waals surface area contributed by atoms with Gasteiger partial charge >= 0.3 is 5.69 Å². The van der Waals surface area contributed by atoms with Gasteiger partial charge in [-0.3, -0.25) is 15.2 Å². The maximum atomic E-state index is 10.9. The third-order valence-electron chi connectivity index (χ3n) is 3.10. The largest absolute Gasteiger partial charge is 0.314 e. The second-order valence-electron chi connectivity index (χ2n) is 4.33. The maximum Gasteiger partial charge on any atom is 0.314 e. The number of rotatable bonds is 3. The molecular weight excluding hydrogens is 254 g/mol. The number of aromatic amines is 1. The summed E-state index contributed by atoms with van der Waals surface area (Å²) in [4.78, 5) is 10.4. The molecule has 0 aliphatic heterocycles. The van der Waals surface area contributed by atoms with E-state index >= 15 is 0 Å². The first-order chi connectivity index (χ1) is 9.75. The second kappa shape index (κ2) is 4.97. The van der Waals surface area contributed by atoms with Gasteiger partial charge in [-0.25, -0.2) is 0 Å². The van der Waals surface area contributed by atoms with E-state index in [4.69, 9.17) is 0 Å². The molecule has 0 amide bonds. The smallest absolute Gasteiger partial charge is 0.271 e. The normalized spacial score (nSPS) is 10.4. The van der Waals surface area contributed by atoms with Crippen LogP contribution in [0.1, 0.15) is 0 Å². The van der Waals surface area contributed by atoms with Crippen molar-refractivity contribution in [2.24, 2.45) is 0 Å². The Balaban J connectivity index is 1.98. The molecule has 20 heavy (non-hydrogen) atoms. The molecule has 1 heterocycles. The Morgan fingerprint density at radius 1 is 0.900 bits per heavy atom. The maximum absolute atomic E-state index is 10.9. The molecule has 0 spiro atoms. The van der Waals surface area contributed by atoms with Crippen molar-refractivity contribution in [3.63, 3.8) is 0 Å². The van der Waals surface area contributed by atoms with Crippen molar-refractivity contribution in [2.75, 3.05) is 0 Å². The van der Waals surface area contributed by atoms with E-state index in [0.717, 1.165) is 16.7 Å². The summed E-state index contributed by atoms with van der Waals surface area (Å²) in [5, 5.41) is 17.3. The first-order valence-electron chi connectivity index (χ1n) is 6.09. The van der Waals surface area contributed by atoms with Gasteiger partial charge in [0, 0.05) is 5.56 Å². The highest BCUT2D eigenvalue weighted by Crippen LogP contribution is 2.29. The molecule has 0 bridgehead atoms. The van der Waals surface area contributed by atoms with Crippen LogP contribution in [-0.4, -0.2) is 15.1 Å². The Hall–Kier alpha value is -2.95. The van der Waals surface area contributed by atoms with Crippen LogP contribution in [0.4, 0.5) is 5.69 Å². The van der Waals surface area contributed by atoms with E-state index < -0.39 is 4.92 Å². The standard InChI is InChI=1S/C15H11N3O2/c19-18(20)14-10-16-17-15(14)13-8-6-12(7-9-13)11-4-2-1-3-5-11/h1-10H,(H,16,17). The molecular formula is C15H11N3O2. The lowest BCUT2D eigenvalue weighted by molar-refractivity contribution is -0.384. The number of hydrogen-bond donors (Lipinski definition) is 1. The molecule has 0 aliphatic carbocycles. The Bertz CT molecular complexity index is 733. The predicted molar refractivity (Wildman–Crippen MR) is 76.1 cm³/mol. The van der Waals surface area contributed by atoms with Gasteiger partial charge in [0.05, 0.1) is 4.92 Å². The lowest BCUT2D eigenvalue weighted by Crippen LogP contribution is -1.89. The number of benzene rings is 2. The molecule has 0 fully saturated rings. The summed E-state index contributed by atoms with van der Waals surface area (Å²) < 4.78 is 0. The van der Waals surface area contributed by atoms with Crippen LogP contribution in [0.3, 0.4) is 0 Å². The van der Waals surface area contributed by atoms with Crippen LogP contribution in [0, 0.1) is 10.1 Å². The van der Waals surface area contributed by atoms with Crippen molar-refractivity contribution >= 4 is 5.69 Å². The van der Waals surface area contributed by atoms with Gasteiger partial charge < -0.3 is 0 Å². The van der Waals surface area contributed by atoms with E-state index in [0.29, 0.717) is 5.69 Å². The zero-order chi connectivity index (χ0) is 13.9. The monoisotopic (exact) mass is 265 g/mol. The fourth-order valence-electron chi connectivity index (χ4n) is 2.09. The lowest BCUT2D eigenvalue weighted by Gasteiger charge is -2.03. The van der Waals surface area contributed by atoms with Gasteiger partial charge in [-0.15, -0.1) is 0 Å². The summed E-state index contributed by atoms with van der Waals surface area (Å²) in [5.74, 6) is 0. The van der Waals surface area contributed by atoms with Crippen molar-refractivity contribution in [3.05, 3.63) is 70.9 Å². The SMILES string of the molecule is O=[N+]([O-])c1cn[nH]c1-c1ccc(-c2ccccc2)cc1. The number of H-pyrrole nitrogens is 1. The molecule has 5 nitrogen and oxygen atoms in total. The minimum atomic E-state index is -0.441. The Morgan fingerprint density at radius 3 is 2.15 bits per heavy atom. The van der Waals surface area contributed by atoms with Crippen molar-refractivity contribution < 1.29 is 4.92 Å². The summed E-state index contributed by atoms with van der Waals surface area (Å²) in [7, 11) is 0. The molecule has 0 atom stereocenters. The van der Waals surface area contributed by atoms with Crippen LogP contribution in [0.5, 0.6) is 0 Å². The van der Waals surface area contributed by atoms with Crippen LogP contribution in [0.25, 0.3) is 22.4 Å². The first-order valence-corrected chi connectivity index (χ1v) is 6.09. The molecule has 1 N–H and O–H groups in total. The van der Waals surface area contributed by atoms with Crippen molar-refractivity contribution in [2.45, 2.75) is 0 Å². The number of nitrogens with zero attached hydrogens (tertiary/aromatic N) is 2. The molecule has 0 saturated carbocycles. The number of nitro groups is 1. The van der Waals surface area contributed by atoms with Crippen molar-refractivity contribution in [1.82, 2.24) is 10.2 Å². The molecule has 0 unspecified atom stereocenters. The Labute approximate surface area is 115 Å². The van der Waals surface area contributed by atoms with E-state index in [9.17, 15) is 10.1 Å². The molecule has 5 heteroatoms. The van der Waals surface area contributed by atoms with Crippen molar-refractivity contribution in [3.8, 4) is 22.4 Å². The number of nitrogens with one attached hydrogen (secondary N) is 1. The van der Waals surface area contributed by atoms with Crippen LogP contribution in [0.15, 0.2) is 60.8 Å². The summed E-state index contributed by atoms with van der Waals surface area (Å²) in [6.45, 7) is 0. The van der Waals surface area contributed by atoms with Crippen LogP contribution < -0.4 is 0 Å². The summed E-state index contributed by atoms with van der Waals surface area (Å²) in [6, 6.07) is 17.5. The van der Waals surface area contributed by atoms with E-state index in [1.165, 1.54) is 6.20 Å². The fourth-order valence-corrected chi connectivity index (χ4v) is 2.09. The molecule has 2 aromatic carbocycles. The molecule has 0 aliphatic rings. The highest BCUT2D eigenvalue weighted by molar-refractivity contribution is 5.72. The van der Waals surface area contributed by atoms with Gasteiger partial charge in [-0.1, -0.05) is 54.6 Å². The molecule has 1 aromatic heterocycles. The average Bonchev–Trinajstić information content (AvgIpc) is 2.98. The second-order valence-corrected chi connectivity index (χ2v) is 4.33. The highest BCUT2D eigenvalue weighted by Gasteiger charge is 2.17. The van der Waals surface area contributed by atoms with Crippen LogP contribution in [0.2, 0.25) is 0 Å². The minimum absolute atomic E-state index is 0.0162. The number of aromatic nitrogens is 2. The van der Waals surface area contributed by atoms with E-state index in [1.807, 2.05) is 54.6 Å². The fraction of sp³-hybridized carbons (Fsp3) is 0. The Kier molecular flexibility index (Phi) is 3.01. The molecule has 3 aromatic rings. The molecule has 3 rings (SSSR count). The Morgan fingerprint density at radius 2 is 1.50 bits per heavy atom. The highest BCUT2D eigenvalue weighted by atomic mass is 16.6. The van der Waals surface area contributed by atoms with Gasteiger partial charge in [-0.2, -0.15) is 5.10 Å². The third-order valence-corrected chi connectivity index (χ3v) is 3.10. The van der Waals surface area contributed by atoms with Crippen LogP contribution in [-0.2, 0) is 0 Å². The quantitative estimate of drug-likeness (QED) is 0.580. The van der Waals surface area contributed by atoms with E-state index in [-0.39, 0.29) is 5.69 Å². The summed E-state index contributed by atoms with van der Waals surface area (Å²) in [5.41, 5.74) is 3.33. The van der Waals surface area contributed by atoms with Gasteiger partial charge in [0.25, 0.3) is 0 Å². The van der Waals surface area contributed by atoms with Crippen LogP contribution >= 0.6 is 0 Å². The zero-order valence-corrected chi connectivity index (χ0v) is 10.5. The lowest BCUT2D eigenvalue weighted by atomic mass is 10.0. The zero-order valence-electron chi connectivity index (χ0n) is 10.5. The summed E-state index contributed by atoms with van der Waals surface area (Å²) >= 11 is 0. The van der Waals surface area contributed by atoms with Gasteiger partial charge in [0.1, 0.15) is 11.9 Å². The van der Waals surface area contributed by atoms with Gasteiger partial charge in [-0.05, 0) is 11.1 Å². The average molecular weight is 265 g/mol.